The van der Waals surface area contributed by atoms with E-state index in [1.807, 2.05) is 42.5 Å². The van der Waals surface area contributed by atoms with Gasteiger partial charge in [0.25, 0.3) is 0 Å². The standard InChI is InChI=1S/C24H27N3O2/c1-29-21-11-5-8-19(15-21)22(27-13-2-3-14-27)17-26-23(28)16-20-9-4-7-18-10-6-12-25-24(18)20/h4-12,15,22H,2-3,13-14,16-17H2,1H3,(H,26,28). The summed E-state index contributed by atoms with van der Waals surface area (Å²) in [5, 5.41) is 4.22. The quantitative estimate of drug-likeness (QED) is 0.669. The van der Waals surface area contributed by atoms with Crippen molar-refractivity contribution in [1.82, 2.24) is 15.2 Å². The molecule has 5 nitrogen and oxygen atoms in total. The van der Waals surface area contributed by atoms with Crippen LogP contribution in [0.2, 0.25) is 0 Å². The second kappa shape index (κ2) is 9.05. The van der Waals surface area contributed by atoms with E-state index < -0.39 is 0 Å². The van der Waals surface area contributed by atoms with Crippen molar-refractivity contribution in [3.8, 4) is 5.75 Å². The molecular formula is C24H27N3O2. The molecule has 0 saturated carbocycles. The molecule has 1 N–H and O–H groups in total. The van der Waals surface area contributed by atoms with Gasteiger partial charge < -0.3 is 10.1 Å². The molecule has 2 heterocycles. The molecular weight excluding hydrogens is 362 g/mol. The lowest BCUT2D eigenvalue weighted by atomic mass is 10.0. The van der Waals surface area contributed by atoms with Gasteiger partial charge in [0.1, 0.15) is 5.75 Å². The number of hydrogen-bond donors (Lipinski definition) is 1. The van der Waals surface area contributed by atoms with Crippen LogP contribution in [0.4, 0.5) is 0 Å². The zero-order valence-electron chi connectivity index (χ0n) is 16.8. The lowest BCUT2D eigenvalue weighted by Gasteiger charge is -2.28. The summed E-state index contributed by atoms with van der Waals surface area (Å²) in [7, 11) is 1.68. The summed E-state index contributed by atoms with van der Waals surface area (Å²) >= 11 is 0. The molecule has 2 aromatic carbocycles. The number of carbonyl (C=O) groups is 1. The summed E-state index contributed by atoms with van der Waals surface area (Å²) in [4.78, 5) is 19.7. The van der Waals surface area contributed by atoms with Gasteiger partial charge in [-0.05, 0) is 55.3 Å². The van der Waals surface area contributed by atoms with Crippen molar-refractivity contribution in [2.45, 2.75) is 25.3 Å². The molecule has 0 aliphatic carbocycles. The number of pyridine rings is 1. The number of rotatable bonds is 7. The highest BCUT2D eigenvalue weighted by Gasteiger charge is 2.24. The minimum Gasteiger partial charge on any atom is -0.497 e. The molecule has 1 atom stereocenters. The van der Waals surface area contributed by atoms with Gasteiger partial charge in [0.2, 0.25) is 5.91 Å². The van der Waals surface area contributed by atoms with Crippen LogP contribution in [0.15, 0.2) is 60.8 Å². The van der Waals surface area contributed by atoms with Crippen LogP contribution in [-0.2, 0) is 11.2 Å². The van der Waals surface area contributed by atoms with Crippen LogP contribution in [0.3, 0.4) is 0 Å². The Labute approximate surface area is 171 Å². The third-order valence-electron chi connectivity index (χ3n) is 5.62. The third kappa shape index (κ3) is 4.57. The van der Waals surface area contributed by atoms with Gasteiger partial charge in [0, 0.05) is 18.1 Å². The molecule has 3 aromatic rings. The zero-order valence-corrected chi connectivity index (χ0v) is 16.8. The molecule has 1 amide bonds. The van der Waals surface area contributed by atoms with E-state index >= 15 is 0 Å². The maximum atomic E-state index is 12.7. The van der Waals surface area contributed by atoms with Crippen LogP contribution < -0.4 is 10.1 Å². The van der Waals surface area contributed by atoms with E-state index in [1.165, 1.54) is 18.4 Å². The number of fused-ring (bicyclic) bond motifs is 1. The lowest BCUT2D eigenvalue weighted by Crippen LogP contribution is -2.37. The summed E-state index contributed by atoms with van der Waals surface area (Å²) in [6.07, 6.45) is 4.52. The fraction of sp³-hybridized carbons (Fsp3) is 0.333. The fourth-order valence-corrected chi connectivity index (χ4v) is 4.12. The Hall–Kier alpha value is -2.92. The second-order valence-corrected chi connectivity index (χ2v) is 7.51. The van der Waals surface area contributed by atoms with Crippen molar-refractivity contribution in [3.63, 3.8) is 0 Å². The number of nitrogens with zero attached hydrogens (tertiary/aromatic N) is 2. The molecule has 5 heteroatoms. The number of methoxy groups -OCH3 is 1. The van der Waals surface area contributed by atoms with E-state index in [1.54, 1.807) is 13.3 Å². The number of likely N-dealkylation sites (tertiary alicyclic amines) is 1. The van der Waals surface area contributed by atoms with E-state index in [9.17, 15) is 4.79 Å². The summed E-state index contributed by atoms with van der Waals surface area (Å²) in [6.45, 7) is 2.71. The number of benzene rings is 2. The molecule has 0 spiro atoms. The Morgan fingerprint density at radius 2 is 1.93 bits per heavy atom. The predicted octanol–water partition coefficient (Wildman–Crippen LogP) is 3.74. The molecule has 1 unspecified atom stereocenters. The van der Waals surface area contributed by atoms with E-state index in [0.29, 0.717) is 13.0 Å². The largest absolute Gasteiger partial charge is 0.497 e. The molecule has 0 bridgehead atoms. The molecule has 0 radical (unpaired) electrons. The summed E-state index contributed by atoms with van der Waals surface area (Å²) < 4.78 is 5.40. The Morgan fingerprint density at radius 3 is 2.76 bits per heavy atom. The lowest BCUT2D eigenvalue weighted by molar-refractivity contribution is -0.120. The van der Waals surface area contributed by atoms with Crippen molar-refractivity contribution in [2.24, 2.45) is 0 Å². The predicted molar refractivity (Wildman–Crippen MR) is 115 cm³/mol. The molecule has 1 aliphatic rings. The van der Waals surface area contributed by atoms with Crippen LogP contribution in [0, 0.1) is 0 Å². The zero-order chi connectivity index (χ0) is 20.1. The topological polar surface area (TPSA) is 54.5 Å². The Bertz CT molecular complexity index is 977. The van der Waals surface area contributed by atoms with Crippen LogP contribution >= 0.6 is 0 Å². The highest BCUT2D eigenvalue weighted by molar-refractivity contribution is 5.87. The third-order valence-corrected chi connectivity index (χ3v) is 5.62. The normalized spacial score (nSPS) is 15.3. The average Bonchev–Trinajstić information content (AvgIpc) is 3.29. The highest BCUT2D eigenvalue weighted by atomic mass is 16.5. The fourth-order valence-electron chi connectivity index (χ4n) is 4.12. The first kappa shape index (κ1) is 19.4. The first-order chi connectivity index (χ1) is 14.2. The van der Waals surface area contributed by atoms with Gasteiger partial charge >= 0.3 is 0 Å². The maximum Gasteiger partial charge on any atom is 0.224 e. The number of nitrogens with one attached hydrogen (secondary N) is 1. The maximum absolute atomic E-state index is 12.7. The molecule has 29 heavy (non-hydrogen) atoms. The summed E-state index contributed by atoms with van der Waals surface area (Å²) in [6, 6.07) is 18.2. The van der Waals surface area contributed by atoms with Crippen LogP contribution in [0.25, 0.3) is 10.9 Å². The van der Waals surface area contributed by atoms with Crippen molar-refractivity contribution in [1.29, 1.82) is 0 Å². The van der Waals surface area contributed by atoms with Gasteiger partial charge in [-0.1, -0.05) is 36.4 Å². The average molecular weight is 389 g/mol. The second-order valence-electron chi connectivity index (χ2n) is 7.51. The van der Waals surface area contributed by atoms with E-state index in [2.05, 4.69) is 27.3 Å². The Morgan fingerprint density at radius 1 is 1.14 bits per heavy atom. The van der Waals surface area contributed by atoms with Gasteiger partial charge in [-0.3, -0.25) is 14.7 Å². The summed E-state index contributed by atoms with van der Waals surface area (Å²) in [5.41, 5.74) is 3.03. The number of carbonyl (C=O) groups excluding carboxylic acids is 1. The molecule has 1 saturated heterocycles. The number of ether oxygens (including phenoxy) is 1. The molecule has 1 aromatic heterocycles. The van der Waals surface area contributed by atoms with Gasteiger partial charge in [-0.15, -0.1) is 0 Å². The van der Waals surface area contributed by atoms with Crippen molar-refractivity contribution in [3.05, 3.63) is 71.9 Å². The van der Waals surface area contributed by atoms with Crippen molar-refractivity contribution < 1.29 is 9.53 Å². The van der Waals surface area contributed by atoms with E-state index in [-0.39, 0.29) is 11.9 Å². The smallest absolute Gasteiger partial charge is 0.224 e. The minimum absolute atomic E-state index is 0.0234. The molecule has 150 valence electrons. The summed E-state index contributed by atoms with van der Waals surface area (Å²) in [5.74, 6) is 0.870. The van der Waals surface area contributed by atoms with Gasteiger partial charge in [-0.2, -0.15) is 0 Å². The first-order valence-corrected chi connectivity index (χ1v) is 10.2. The van der Waals surface area contributed by atoms with Crippen molar-refractivity contribution in [2.75, 3.05) is 26.7 Å². The first-order valence-electron chi connectivity index (χ1n) is 10.2. The SMILES string of the molecule is COc1cccc(C(CNC(=O)Cc2cccc3cccnc23)N2CCCC2)c1. The molecule has 1 fully saturated rings. The highest BCUT2D eigenvalue weighted by Crippen LogP contribution is 2.27. The minimum atomic E-state index is 0.0234. The Balaban J connectivity index is 1.47. The van der Waals surface area contributed by atoms with E-state index in [4.69, 9.17) is 4.74 Å². The Kier molecular flexibility index (Phi) is 6.06. The van der Waals surface area contributed by atoms with Crippen LogP contribution in [0.5, 0.6) is 5.75 Å². The van der Waals surface area contributed by atoms with Crippen LogP contribution in [0.1, 0.15) is 30.0 Å². The van der Waals surface area contributed by atoms with Crippen molar-refractivity contribution >= 4 is 16.8 Å². The van der Waals surface area contributed by atoms with Gasteiger partial charge in [0.15, 0.2) is 0 Å². The number of aromatic nitrogens is 1. The number of hydrogen-bond acceptors (Lipinski definition) is 4. The number of amides is 1. The monoisotopic (exact) mass is 389 g/mol. The van der Waals surface area contributed by atoms with E-state index in [0.717, 1.165) is 35.3 Å². The molecule has 1 aliphatic heterocycles. The number of para-hydroxylation sites is 1. The van der Waals surface area contributed by atoms with Gasteiger partial charge in [-0.25, -0.2) is 0 Å². The molecule has 4 rings (SSSR count). The van der Waals surface area contributed by atoms with Gasteiger partial charge in [0.05, 0.1) is 25.1 Å². The van der Waals surface area contributed by atoms with Crippen LogP contribution in [-0.4, -0.2) is 42.5 Å².